The highest BCUT2D eigenvalue weighted by atomic mass is 16.5. The van der Waals surface area contributed by atoms with Gasteiger partial charge in [-0.05, 0) is 31.2 Å². The molecule has 0 unspecified atom stereocenters. The second-order valence-corrected chi connectivity index (χ2v) is 7.91. The Morgan fingerprint density at radius 2 is 2.03 bits per heavy atom. The molecule has 7 nitrogen and oxygen atoms in total. The molecule has 0 spiro atoms. The van der Waals surface area contributed by atoms with Gasteiger partial charge in [0.1, 0.15) is 23.7 Å². The third-order valence-electron chi connectivity index (χ3n) is 5.88. The van der Waals surface area contributed by atoms with E-state index in [9.17, 15) is 0 Å². The minimum absolute atomic E-state index is 0.205. The van der Waals surface area contributed by atoms with Crippen LogP contribution in [0.3, 0.4) is 0 Å². The van der Waals surface area contributed by atoms with Gasteiger partial charge >= 0.3 is 0 Å². The number of piperidine rings is 1. The van der Waals surface area contributed by atoms with Crippen molar-refractivity contribution in [2.75, 3.05) is 31.7 Å². The maximum Gasteiger partial charge on any atom is 0.156 e. The Morgan fingerprint density at radius 3 is 2.87 bits per heavy atom. The Bertz CT molecular complexity index is 1160. The van der Waals surface area contributed by atoms with Crippen LogP contribution in [0.15, 0.2) is 42.9 Å². The molecule has 3 aromatic heterocycles. The average molecular weight is 406 g/mol. The molecule has 0 aliphatic carbocycles. The number of methoxy groups -OCH3 is 1. The predicted molar refractivity (Wildman–Crippen MR) is 118 cm³/mol. The molecular weight excluding hydrogens is 378 g/mol. The number of aryl methyl sites for hydroxylation is 1. The van der Waals surface area contributed by atoms with Gasteiger partial charge in [-0.25, -0.2) is 9.97 Å². The van der Waals surface area contributed by atoms with E-state index in [4.69, 9.17) is 9.47 Å². The molecule has 1 aliphatic rings. The van der Waals surface area contributed by atoms with Gasteiger partial charge in [0.2, 0.25) is 0 Å². The molecule has 4 heterocycles. The SMILES string of the molecule is COCCn1ccc2c(OC3CCN(c4ncnc5cc(C)[nH]c45)CC3)cccc21. The largest absolute Gasteiger partial charge is 0.490 e. The molecule has 0 saturated carbocycles. The molecule has 7 heteroatoms. The maximum atomic E-state index is 6.45. The van der Waals surface area contributed by atoms with Crippen molar-refractivity contribution in [1.82, 2.24) is 19.5 Å². The Hall–Kier alpha value is -3.06. The molecule has 0 amide bonds. The summed E-state index contributed by atoms with van der Waals surface area (Å²) in [6, 6.07) is 10.5. The number of benzene rings is 1. The number of anilines is 1. The third-order valence-corrected chi connectivity index (χ3v) is 5.88. The molecule has 30 heavy (non-hydrogen) atoms. The number of hydrogen-bond donors (Lipinski definition) is 1. The molecule has 156 valence electrons. The zero-order chi connectivity index (χ0) is 20.5. The van der Waals surface area contributed by atoms with E-state index in [0.717, 1.165) is 66.2 Å². The summed E-state index contributed by atoms with van der Waals surface area (Å²) >= 11 is 0. The molecule has 0 radical (unpaired) electrons. The summed E-state index contributed by atoms with van der Waals surface area (Å²) in [6.45, 7) is 5.42. The highest BCUT2D eigenvalue weighted by Crippen LogP contribution is 2.31. The van der Waals surface area contributed by atoms with Crippen LogP contribution < -0.4 is 9.64 Å². The number of nitrogens with one attached hydrogen (secondary N) is 1. The normalized spacial score (nSPS) is 15.3. The molecule has 1 N–H and O–H groups in total. The summed E-state index contributed by atoms with van der Waals surface area (Å²) < 4.78 is 13.9. The van der Waals surface area contributed by atoms with Gasteiger partial charge in [0.15, 0.2) is 5.82 Å². The molecule has 1 saturated heterocycles. The quantitative estimate of drug-likeness (QED) is 0.527. The standard InChI is InChI=1S/C23H27N5O2/c1-16-14-19-22(26-16)23(25-15-24-19)28-9-6-17(7-10-28)30-21-5-3-4-20-18(21)8-11-27(20)12-13-29-2/h3-5,8,11,14-15,17,26H,6-7,9-10,12-13H2,1-2H3. The number of aromatic nitrogens is 4. The first-order valence-electron chi connectivity index (χ1n) is 10.5. The van der Waals surface area contributed by atoms with Gasteiger partial charge < -0.3 is 23.9 Å². The number of hydrogen-bond acceptors (Lipinski definition) is 5. The minimum Gasteiger partial charge on any atom is -0.490 e. The lowest BCUT2D eigenvalue weighted by molar-refractivity contribution is 0.173. The first-order chi connectivity index (χ1) is 14.7. The van der Waals surface area contributed by atoms with Gasteiger partial charge in [-0.15, -0.1) is 0 Å². The van der Waals surface area contributed by atoms with Crippen LogP contribution >= 0.6 is 0 Å². The smallest absolute Gasteiger partial charge is 0.156 e. The van der Waals surface area contributed by atoms with Crippen LogP contribution in [0.5, 0.6) is 5.75 Å². The van der Waals surface area contributed by atoms with E-state index in [-0.39, 0.29) is 6.10 Å². The van der Waals surface area contributed by atoms with E-state index in [2.05, 4.69) is 67.9 Å². The van der Waals surface area contributed by atoms with Crippen molar-refractivity contribution in [1.29, 1.82) is 0 Å². The summed E-state index contributed by atoms with van der Waals surface area (Å²) in [4.78, 5) is 14.7. The van der Waals surface area contributed by atoms with E-state index in [1.165, 1.54) is 5.52 Å². The van der Waals surface area contributed by atoms with E-state index in [1.54, 1.807) is 13.4 Å². The van der Waals surface area contributed by atoms with Crippen LogP contribution in [-0.4, -0.2) is 52.4 Å². The van der Waals surface area contributed by atoms with Crippen LogP contribution in [0.25, 0.3) is 21.9 Å². The van der Waals surface area contributed by atoms with Gasteiger partial charge in [-0.1, -0.05) is 6.07 Å². The Balaban J connectivity index is 1.29. The number of H-pyrrole nitrogens is 1. The Morgan fingerprint density at radius 1 is 1.17 bits per heavy atom. The van der Waals surface area contributed by atoms with Crippen LogP contribution in [0.1, 0.15) is 18.5 Å². The summed E-state index contributed by atoms with van der Waals surface area (Å²) in [6.07, 6.45) is 5.90. The molecule has 1 aromatic carbocycles. The van der Waals surface area contributed by atoms with E-state index < -0.39 is 0 Å². The van der Waals surface area contributed by atoms with Crippen LogP contribution in [-0.2, 0) is 11.3 Å². The van der Waals surface area contributed by atoms with Crippen molar-refractivity contribution < 1.29 is 9.47 Å². The molecule has 0 bridgehead atoms. The molecule has 1 fully saturated rings. The van der Waals surface area contributed by atoms with Crippen LogP contribution in [0.2, 0.25) is 0 Å². The van der Waals surface area contributed by atoms with Gasteiger partial charge in [0.25, 0.3) is 0 Å². The van der Waals surface area contributed by atoms with Crippen molar-refractivity contribution >= 4 is 27.8 Å². The molecule has 5 rings (SSSR count). The minimum atomic E-state index is 0.205. The highest BCUT2D eigenvalue weighted by molar-refractivity contribution is 5.87. The zero-order valence-electron chi connectivity index (χ0n) is 17.5. The van der Waals surface area contributed by atoms with E-state index in [0.29, 0.717) is 6.61 Å². The fourth-order valence-corrected chi connectivity index (χ4v) is 4.34. The fourth-order valence-electron chi connectivity index (χ4n) is 4.34. The fraction of sp³-hybridized carbons (Fsp3) is 0.391. The average Bonchev–Trinajstić information content (AvgIpc) is 3.35. The molecule has 0 atom stereocenters. The summed E-state index contributed by atoms with van der Waals surface area (Å²) in [5.74, 6) is 1.95. The van der Waals surface area contributed by atoms with Gasteiger partial charge in [-0.2, -0.15) is 0 Å². The number of aromatic amines is 1. The van der Waals surface area contributed by atoms with Crippen molar-refractivity contribution in [2.24, 2.45) is 0 Å². The topological polar surface area (TPSA) is 68.2 Å². The second kappa shape index (κ2) is 7.99. The summed E-state index contributed by atoms with van der Waals surface area (Å²) in [5.41, 5.74) is 4.29. The molecule has 4 aromatic rings. The molecule has 1 aliphatic heterocycles. The van der Waals surface area contributed by atoms with Crippen molar-refractivity contribution in [2.45, 2.75) is 32.4 Å². The zero-order valence-corrected chi connectivity index (χ0v) is 17.5. The van der Waals surface area contributed by atoms with Gasteiger partial charge in [0, 0.05) is 56.9 Å². The monoisotopic (exact) mass is 405 g/mol. The van der Waals surface area contributed by atoms with E-state index >= 15 is 0 Å². The molecular formula is C23H27N5O2. The van der Waals surface area contributed by atoms with Crippen molar-refractivity contribution in [3.05, 3.63) is 48.5 Å². The summed E-state index contributed by atoms with van der Waals surface area (Å²) in [7, 11) is 1.73. The highest BCUT2D eigenvalue weighted by Gasteiger charge is 2.24. The lowest BCUT2D eigenvalue weighted by Gasteiger charge is -2.33. The van der Waals surface area contributed by atoms with E-state index in [1.807, 2.05) is 0 Å². The third kappa shape index (κ3) is 3.50. The maximum absolute atomic E-state index is 6.45. The second-order valence-electron chi connectivity index (χ2n) is 7.91. The number of ether oxygens (including phenoxy) is 2. The first-order valence-corrected chi connectivity index (χ1v) is 10.5. The van der Waals surface area contributed by atoms with Crippen LogP contribution in [0, 0.1) is 6.92 Å². The van der Waals surface area contributed by atoms with Gasteiger partial charge in [-0.3, -0.25) is 0 Å². The first kappa shape index (κ1) is 18.9. The number of rotatable bonds is 6. The predicted octanol–water partition coefficient (Wildman–Crippen LogP) is 3.92. The van der Waals surface area contributed by atoms with Crippen LogP contribution in [0.4, 0.5) is 5.82 Å². The lowest BCUT2D eigenvalue weighted by Crippen LogP contribution is -2.38. The Labute approximate surface area is 175 Å². The number of fused-ring (bicyclic) bond motifs is 2. The van der Waals surface area contributed by atoms with Gasteiger partial charge in [0.05, 0.1) is 17.6 Å². The summed E-state index contributed by atoms with van der Waals surface area (Å²) in [5, 5.41) is 1.16. The number of nitrogens with zero attached hydrogens (tertiary/aromatic N) is 4. The Kier molecular flexibility index (Phi) is 5.04. The lowest BCUT2D eigenvalue weighted by atomic mass is 10.1. The van der Waals surface area contributed by atoms with Crippen molar-refractivity contribution in [3.63, 3.8) is 0 Å². The van der Waals surface area contributed by atoms with Crippen molar-refractivity contribution in [3.8, 4) is 5.75 Å².